The van der Waals surface area contributed by atoms with E-state index >= 15 is 0 Å². The fourth-order valence-corrected chi connectivity index (χ4v) is 1.08. The van der Waals surface area contributed by atoms with Crippen molar-refractivity contribution in [3.8, 4) is 0 Å². The number of carbonyl (C=O) groups is 1. The maximum absolute atomic E-state index is 11.7. The highest BCUT2D eigenvalue weighted by molar-refractivity contribution is 5.95. The number of halogens is 3. The molecule has 0 amide bonds. The van der Waals surface area contributed by atoms with Crippen LogP contribution < -0.4 is 0 Å². The van der Waals surface area contributed by atoms with Gasteiger partial charge in [-0.3, -0.25) is 4.79 Å². The highest BCUT2D eigenvalue weighted by atomic mass is 19.4. The Bertz CT molecular complexity index is 343. The van der Waals surface area contributed by atoms with Gasteiger partial charge in [0, 0.05) is 13.2 Å². The van der Waals surface area contributed by atoms with E-state index in [1.54, 1.807) is 19.3 Å². The van der Waals surface area contributed by atoms with E-state index in [0.717, 1.165) is 0 Å². The van der Waals surface area contributed by atoms with Gasteiger partial charge in [0.25, 0.3) is 0 Å². The van der Waals surface area contributed by atoms with Gasteiger partial charge in [-0.1, -0.05) is 0 Å². The average Bonchev–Trinajstić information content (AvgIpc) is 2.48. The highest BCUT2D eigenvalue weighted by Crippen LogP contribution is 2.14. The van der Waals surface area contributed by atoms with Crippen LogP contribution in [0.4, 0.5) is 13.2 Å². The van der Waals surface area contributed by atoms with Gasteiger partial charge in [-0.05, 0) is 12.1 Å². The number of aromatic nitrogens is 1. The van der Waals surface area contributed by atoms with E-state index in [1.807, 2.05) is 0 Å². The molecular weight excluding hydrogens is 211 g/mol. The number of ketones is 1. The standard InChI is InChI=1S/C9H10F3NO2/c1-13-4-2-3-7(13)8(14)5-15-6-9(10,11)12/h2-4H,5-6H2,1H3. The number of rotatable bonds is 4. The average molecular weight is 221 g/mol. The van der Waals surface area contributed by atoms with Gasteiger partial charge in [0.2, 0.25) is 5.78 Å². The number of hydrogen-bond acceptors (Lipinski definition) is 2. The molecule has 15 heavy (non-hydrogen) atoms. The first-order chi connectivity index (χ1) is 6.90. The topological polar surface area (TPSA) is 31.2 Å². The van der Waals surface area contributed by atoms with E-state index in [-0.39, 0.29) is 0 Å². The van der Waals surface area contributed by atoms with Crippen LogP contribution in [-0.4, -0.2) is 29.7 Å². The number of aryl methyl sites for hydroxylation is 1. The summed E-state index contributed by atoms with van der Waals surface area (Å²) in [5.74, 6) is -0.466. The summed E-state index contributed by atoms with van der Waals surface area (Å²) in [5.41, 5.74) is 0.331. The number of alkyl halides is 3. The van der Waals surface area contributed by atoms with Gasteiger partial charge < -0.3 is 9.30 Å². The van der Waals surface area contributed by atoms with E-state index < -0.39 is 25.2 Å². The summed E-state index contributed by atoms with van der Waals surface area (Å²) < 4.78 is 40.8. The molecule has 0 N–H and O–H groups in total. The largest absolute Gasteiger partial charge is 0.411 e. The molecule has 1 heterocycles. The second-order valence-electron chi connectivity index (χ2n) is 3.04. The minimum atomic E-state index is -4.39. The third-order valence-corrected chi connectivity index (χ3v) is 1.73. The molecule has 0 aromatic carbocycles. The van der Waals surface area contributed by atoms with Crippen molar-refractivity contribution in [1.82, 2.24) is 4.57 Å². The lowest BCUT2D eigenvalue weighted by molar-refractivity contribution is -0.170. The van der Waals surface area contributed by atoms with E-state index in [0.29, 0.717) is 5.69 Å². The summed E-state index contributed by atoms with van der Waals surface area (Å²) in [4.78, 5) is 11.3. The maximum atomic E-state index is 11.7. The minimum Gasteiger partial charge on any atom is -0.364 e. The molecule has 0 aliphatic heterocycles. The van der Waals surface area contributed by atoms with Gasteiger partial charge in [0.05, 0.1) is 5.69 Å². The Kier molecular flexibility index (Phi) is 3.52. The van der Waals surface area contributed by atoms with Crippen molar-refractivity contribution in [1.29, 1.82) is 0 Å². The SMILES string of the molecule is Cn1cccc1C(=O)COCC(F)(F)F. The lowest BCUT2D eigenvalue weighted by Crippen LogP contribution is -2.21. The molecule has 6 heteroatoms. The molecule has 84 valence electrons. The van der Waals surface area contributed by atoms with Crippen molar-refractivity contribution in [3.05, 3.63) is 24.0 Å². The summed E-state index contributed by atoms with van der Waals surface area (Å²) in [7, 11) is 1.64. The number of Topliss-reactive ketones (excluding diaryl/α,β-unsaturated/α-hetero) is 1. The van der Waals surface area contributed by atoms with Gasteiger partial charge in [-0.25, -0.2) is 0 Å². The quantitative estimate of drug-likeness (QED) is 0.726. The van der Waals surface area contributed by atoms with Gasteiger partial charge in [0.15, 0.2) is 0 Å². The van der Waals surface area contributed by atoms with Crippen LogP contribution in [0.1, 0.15) is 10.5 Å². The van der Waals surface area contributed by atoms with Gasteiger partial charge in [-0.15, -0.1) is 0 Å². The second kappa shape index (κ2) is 4.48. The number of ether oxygens (including phenoxy) is 1. The van der Waals surface area contributed by atoms with Crippen molar-refractivity contribution in [2.24, 2.45) is 7.05 Å². The predicted molar refractivity (Wildman–Crippen MR) is 46.6 cm³/mol. The smallest absolute Gasteiger partial charge is 0.364 e. The van der Waals surface area contributed by atoms with E-state index in [4.69, 9.17) is 0 Å². The molecular formula is C9H10F3NO2. The Morgan fingerprint density at radius 1 is 1.53 bits per heavy atom. The summed E-state index contributed by atoms with van der Waals surface area (Å²) in [5, 5.41) is 0. The fourth-order valence-electron chi connectivity index (χ4n) is 1.08. The first-order valence-electron chi connectivity index (χ1n) is 4.19. The summed E-state index contributed by atoms with van der Waals surface area (Å²) in [6, 6.07) is 3.16. The number of nitrogens with zero attached hydrogens (tertiary/aromatic N) is 1. The molecule has 0 radical (unpaired) electrons. The second-order valence-corrected chi connectivity index (χ2v) is 3.04. The Balaban J connectivity index is 2.41. The molecule has 0 bridgehead atoms. The summed E-state index contributed by atoms with van der Waals surface area (Å²) >= 11 is 0. The molecule has 0 atom stereocenters. The van der Waals surface area contributed by atoms with Crippen LogP contribution in [0.3, 0.4) is 0 Å². The van der Waals surface area contributed by atoms with Crippen LogP contribution in [0, 0.1) is 0 Å². The molecule has 1 aromatic heterocycles. The molecule has 0 saturated carbocycles. The predicted octanol–water partition coefficient (Wildman–Crippen LogP) is 1.79. The minimum absolute atomic E-state index is 0.331. The monoisotopic (exact) mass is 221 g/mol. The van der Waals surface area contributed by atoms with Crippen LogP contribution in [0.25, 0.3) is 0 Å². The zero-order valence-corrected chi connectivity index (χ0v) is 8.04. The lowest BCUT2D eigenvalue weighted by Gasteiger charge is -2.07. The van der Waals surface area contributed by atoms with Gasteiger partial charge in [0.1, 0.15) is 13.2 Å². The number of hydrogen-bond donors (Lipinski definition) is 0. The van der Waals surface area contributed by atoms with E-state index in [2.05, 4.69) is 4.74 Å². The third-order valence-electron chi connectivity index (χ3n) is 1.73. The summed E-state index contributed by atoms with van der Waals surface area (Å²) in [6.07, 6.45) is -2.76. The molecule has 0 aliphatic rings. The summed E-state index contributed by atoms with van der Waals surface area (Å²) in [6.45, 7) is -1.96. The first kappa shape index (κ1) is 11.8. The Hall–Kier alpha value is -1.30. The van der Waals surface area contributed by atoms with Crippen molar-refractivity contribution >= 4 is 5.78 Å². The van der Waals surface area contributed by atoms with Gasteiger partial charge in [-0.2, -0.15) is 13.2 Å². The van der Waals surface area contributed by atoms with Crippen LogP contribution in [-0.2, 0) is 11.8 Å². The Morgan fingerprint density at radius 3 is 2.67 bits per heavy atom. The lowest BCUT2D eigenvalue weighted by atomic mass is 10.3. The zero-order chi connectivity index (χ0) is 11.5. The molecule has 3 nitrogen and oxygen atoms in total. The number of carbonyl (C=O) groups excluding carboxylic acids is 1. The maximum Gasteiger partial charge on any atom is 0.411 e. The third kappa shape index (κ3) is 3.75. The Morgan fingerprint density at radius 2 is 2.20 bits per heavy atom. The first-order valence-corrected chi connectivity index (χ1v) is 4.19. The molecule has 0 aliphatic carbocycles. The van der Waals surface area contributed by atoms with E-state index in [9.17, 15) is 18.0 Å². The van der Waals surface area contributed by atoms with E-state index in [1.165, 1.54) is 10.6 Å². The van der Waals surface area contributed by atoms with Crippen molar-refractivity contribution < 1.29 is 22.7 Å². The van der Waals surface area contributed by atoms with Crippen LogP contribution in [0.2, 0.25) is 0 Å². The van der Waals surface area contributed by atoms with Gasteiger partial charge >= 0.3 is 6.18 Å². The molecule has 0 unspecified atom stereocenters. The van der Waals surface area contributed by atoms with Crippen molar-refractivity contribution in [2.75, 3.05) is 13.2 Å². The van der Waals surface area contributed by atoms with Crippen molar-refractivity contribution in [2.45, 2.75) is 6.18 Å². The van der Waals surface area contributed by atoms with Crippen molar-refractivity contribution in [3.63, 3.8) is 0 Å². The van der Waals surface area contributed by atoms with Crippen LogP contribution >= 0.6 is 0 Å². The Labute approximate surface area is 84.4 Å². The van der Waals surface area contributed by atoms with Crippen LogP contribution in [0.5, 0.6) is 0 Å². The fraction of sp³-hybridized carbons (Fsp3) is 0.444. The zero-order valence-electron chi connectivity index (χ0n) is 8.04. The van der Waals surface area contributed by atoms with Crippen LogP contribution in [0.15, 0.2) is 18.3 Å². The molecule has 0 spiro atoms. The normalized spacial score (nSPS) is 11.7. The molecule has 0 saturated heterocycles. The molecule has 1 aromatic rings. The molecule has 1 rings (SSSR count). The highest BCUT2D eigenvalue weighted by Gasteiger charge is 2.27. The molecule has 0 fully saturated rings.